The van der Waals surface area contributed by atoms with Gasteiger partial charge in [-0.1, -0.05) is 0 Å². The van der Waals surface area contributed by atoms with Crippen LogP contribution in [0.1, 0.15) is 5.69 Å². The number of thiazole rings is 1. The lowest BCUT2D eigenvalue weighted by molar-refractivity contribution is -0.136. The molecule has 0 saturated heterocycles. The molecule has 0 aliphatic rings. The van der Waals surface area contributed by atoms with Crippen molar-refractivity contribution in [3.05, 3.63) is 33.8 Å². The van der Waals surface area contributed by atoms with Crippen molar-refractivity contribution in [2.45, 2.75) is 15.8 Å². The van der Waals surface area contributed by atoms with E-state index in [0.717, 1.165) is 0 Å². The van der Waals surface area contributed by atoms with Gasteiger partial charge in [0.1, 0.15) is 5.03 Å². The maximum absolute atomic E-state index is 11.0. The highest BCUT2D eigenvalue weighted by Crippen LogP contribution is 2.27. The highest BCUT2D eigenvalue weighted by Gasteiger charge is 2.08. The van der Waals surface area contributed by atoms with Crippen LogP contribution in [0.3, 0.4) is 0 Å². The standard InChI is InChI=1S/C9H7N3O3S2/c13-6-2-7(11-4-10-6)17-9-12-5(3-16-9)1-8(14)15/h2-4H,1H2,(H,14,15)(H,10,11,13). The first-order chi connectivity index (χ1) is 8.13. The number of rotatable bonds is 4. The molecule has 2 heterocycles. The second-order valence-corrected chi connectivity index (χ2v) is 5.15. The average molecular weight is 269 g/mol. The summed E-state index contributed by atoms with van der Waals surface area (Å²) < 4.78 is 0.666. The van der Waals surface area contributed by atoms with Crippen LogP contribution in [0, 0.1) is 0 Å². The summed E-state index contributed by atoms with van der Waals surface area (Å²) in [6, 6.07) is 1.36. The predicted octanol–water partition coefficient (Wildman–Crippen LogP) is 1.00. The van der Waals surface area contributed by atoms with Crippen LogP contribution >= 0.6 is 23.1 Å². The van der Waals surface area contributed by atoms with Crippen LogP contribution in [-0.4, -0.2) is 26.0 Å². The number of carboxylic acids is 1. The lowest BCUT2D eigenvalue weighted by atomic mass is 10.3. The second kappa shape index (κ2) is 5.11. The molecule has 0 aliphatic heterocycles. The van der Waals surface area contributed by atoms with Gasteiger partial charge in [0.25, 0.3) is 5.56 Å². The molecule has 0 atom stereocenters. The van der Waals surface area contributed by atoms with Gasteiger partial charge in [-0.25, -0.2) is 9.97 Å². The number of nitrogens with zero attached hydrogens (tertiary/aromatic N) is 2. The molecule has 0 radical (unpaired) electrons. The van der Waals surface area contributed by atoms with Gasteiger partial charge in [0.15, 0.2) is 4.34 Å². The Hall–Kier alpha value is -1.67. The fourth-order valence-electron chi connectivity index (χ4n) is 1.07. The number of carboxylic acid groups (broad SMARTS) is 1. The topological polar surface area (TPSA) is 95.9 Å². The molecular weight excluding hydrogens is 262 g/mol. The van der Waals surface area contributed by atoms with E-state index >= 15 is 0 Å². The first kappa shape index (κ1) is 11.8. The number of aromatic nitrogens is 3. The van der Waals surface area contributed by atoms with E-state index in [2.05, 4.69) is 15.0 Å². The van der Waals surface area contributed by atoms with Crippen molar-refractivity contribution in [2.75, 3.05) is 0 Å². The molecule has 0 saturated carbocycles. The van der Waals surface area contributed by atoms with Gasteiger partial charge in [-0.15, -0.1) is 11.3 Å². The molecule has 2 aromatic rings. The number of H-pyrrole nitrogens is 1. The van der Waals surface area contributed by atoms with Crippen LogP contribution in [0.4, 0.5) is 0 Å². The van der Waals surface area contributed by atoms with E-state index in [1.165, 1.54) is 35.5 Å². The number of hydrogen-bond donors (Lipinski definition) is 2. The van der Waals surface area contributed by atoms with Crippen LogP contribution in [-0.2, 0) is 11.2 Å². The number of aromatic amines is 1. The molecule has 0 spiro atoms. The van der Waals surface area contributed by atoms with E-state index in [4.69, 9.17) is 5.11 Å². The zero-order chi connectivity index (χ0) is 12.3. The number of hydrogen-bond acceptors (Lipinski definition) is 6. The van der Waals surface area contributed by atoms with Gasteiger partial charge in [0.2, 0.25) is 0 Å². The summed E-state index contributed by atoms with van der Waals surface area (Å²) in [5, 5.41) is 10.8. The number of nitrogens with one attached hydrogen (secondary N) is 1. The van der Waals surface area contributed by atoms with Gasteiger partial charge < -0.3 is 10.1 Å². The van der Waals surface area contributed by atoms with E-state index in [9.17, 15) is 9.59 Å². The van der Waals surface area contributed by atoms with Gasteiger partial charge in [-0.05, 0) is 11.8 Å². The van der Waals surface area contributed by atoms with Crippen molar-refractivity contribution in [2.24, 2.45) is 0 Å². The maximum atomic E-state index is 11.0. The molecule has 0 aromatic carbocycles. The summed E-state index contributed by atoms with van der Waals surface area (Å²) in [6.07, 6.45) is 1.22. The third kappa shape index (κ3) is 3.40. The lowest BCUT2D eigenvalue weighted by Crippen LogP contribution is -2.03. The fraction of sp³-hybridized carbons (Fsp3) is 0.111. The van der Waals surface area contributed by atoms with Crippen LogP contribution in [0.25, 0.3) is 0 Å². The van der Waals surface area contributed by atoms with Gasteiger partial charge in [0, 0.05) is 11.4 Å². The Labute approximate surface area is 104 Å². The molecule has 0 unspecified atom stereocenters. The first-order valence-corrected chi connectivity index (χ1v) is 6.22. The Balaban J connectivity index is 2.11. The van der Waals surface area contributed by atoms with Crippen molar-refractivity contribution < 1.29 is 9.90 Å². The first-order valence-electron chi connectivity index (χ1n) is 4.52. The Bertz CT molecular complexity index is 593. The minimum atomic E-state index is -0.916. The van der Waals surface area contributed by atoms with Crippen LogP contribution < -0.4 is 5.56 Å². The molecule has 8 heteroatoms. The summed E-state index contributed by atoms with van der Waals surface area (Å²) in [4.78, 5) is 32.0. The molecule has 6 nitrogen and oxygen atoms in total. The third-order valence-electron chi connectivity index (χ3n) is 1.71. The SMILES string of the molecule is O=C(O)Cc1csc(Sc2cc(=O)[nH]cn2)n1. The quantitative estimate of drug-likeness (QED) is 0.804. The minimum Gasteiger partial charge on any atom is -0.481 e. The van der Waals surface area contributed by atoms with Crippen molar-refractivity contribution in [1.29, 1.82) is 0 Å². The zero-order valence-electron chi connectivity index (χ0n) is 8.41. The second-order valence-electron chi connectivity index (χ2n) is 3.03. The lowest BCUT2D eigenvalue weighted by Gasteiger charge is -1.94. The normalized spacial score (nSPS) is 10.4. The van der Waals surface area contributed by atoms with E-state index in [-0.39, 0.29) is 12.0 Å². The van der Waals surface area contributed by atoms with Crippen LogP contribution in [0.5, 0.6) is 0 Å². The zero-order valence-corrected chi connectivity index (χ0v) is 10.0. The molecule has 0 fully saturated rings. The summed E-state index contributed by atoms with van der Waals surface area (Å²) in [6.45, 7) is 0. The molecule has 0 amide bonds. The summed E-state index contributed by atoms with van der Waals surface area (Å²) in [5.74, 6) is -0.916. The molecule has 88 valence electrons. The highest BCUT2D eigenvalue weighted by atomic mass is 32.2. The summed E-state index contributed by atoms with van der Waals surface area (Å²) in [5.41, 5.74) is 0.277. The molecule has 2 N–H and O–H groups in total. The number of carbonyl (C=O) groups is 1. The van der Waals surface area contributed by atoms with Gasteiger partial charge in [-0.2, -0.15) is 0 Å². The Morgan fingerprint density at radius 2 is 2.41 bits per heavy atom. The largest absolute Gasteiger partial charge is 0.481 e. The number of aliphatic carboxylic acids is 1. The van der Waals surface area contributed by atoms with Crippen LogP contribution in [0.2, 0.25) is 0 Å². The summed E-state index contributed by atoms with van der Waals surface area (Å²) >= 11 is 2.56. The van der Waals surface area contributed by atoms with Crippen molar-refractivity contribution >= 4 is 29.1 Å². The Morgan fingerprint density at radius 3 is 3.12 bits per heavy atom. The van der Waals surface area contributed by atoms with Gasteiger partial charge in [0.05, 0.1) is 18.4 Å². The predicted molar refractivity (Wildman–Crippen MR) is 62.4 cm³/mol. The summed E-state index contributed by atoms with van der Waals surface area (Å²) in [7, 11) is 0. The molecule has 17 heavy (non-hydrogen) atoms. The van der Waals surface area contributed by atoms with Gasteiger partial charge >= 0.3 is 5.97 Å². The Kier molecular flexibility index (Phi) is 3.55. The smallest absolute Gasteiger partial charge is 0.309 e. The molecule has 0 bridgehead atoms. The maximum Gasteiger partial charge on any atom is 0.309 e. The van der Waals surface area contributed by atoms with E-state index < -0.39 is 5.97 Å². The van der Waals surface area contributed by atoms with Gasteiger partial charge in [-0.3, -0.25) is 9.59 Å². The Morgan fingerprint density at radius 1 is 1.59 bits per heavy atom. The van der Waals surface area contributed by atoms with Crippen molar-refractivity contribution in [3.63, 3.8) is 0 Å². The van der Waals surface area contributed by atoms with Crippen molar-refractivity contribution in [1.82, 2.24) is 15.0 Å². The molecule has 2 aromatic heterocycles. The van der Waals surface area contributed by atoms with E-state index in [1.54, 1.807) is 5.38 Å². The van der Waals surface area contributed by atoms with Crippen molar-refractivity contribution in [3.8, 4) is 0 Å². The molecular formula is C9H7N3O3S2. The third-order valence-corrected chi connectivity index (χ3v) is 3.63. The molecule has 0 aliphatic carbocycles. The molecule has 2 rings (SSSR count). The highest BCUT2D eigenvalue weighted by molar-refractivity contribution is 8.00. The van der Waals surface area contributed by atoms with E-state index in [0.29, 0.717) is 15.1 Å². The monoisotopic (exact) mass is 269 g/mol. The van der Waals surface area contributed by atoms with E-state index in [1.807, 2.05) is 0 Å². The average Bonchev–Trinajstić information content (AvgIpc) is 2.64. The fourth-order valence-corrected chi connectivity index (χ4v) is 2.82. The minimum absolute atomic E-state index is 0.0974. The van der Waals surface area contributed by atoms with Crippen LogP contribution in [0.15, 0.2) is 31.9 Å².